The largest absolute Gasteiger partial charge is 0.442 e. The van der Waals surface area contributed by atoms with Crippen LogP contribution in [0.15, 0.2) is 70.1 Å². The van der Waals surface area contributed by atoms with Crippen LogP contribution < -0.4 is 0 Å². The van der Waals surface area contributed by atoms with Crippen molar-refractivity contribution >= 4 is 17.5 Å². The third-order valence-electron chi connectivity index (χ3n) is 5.89. The fourth-order valence-electron chi connectivity index (χ4n) is 4.03. The molecule has 0 bridgehead atoms. The summed E-state index contributed by atoms with van der Waals surface area (Å²) >= 11 is 0. The predicted molar refractivity (Wildman–Crippen MR) is 118 cm³/mol. The summed E-state index contributed by atoms with van der Waals surface area (Å²) in [6.07, 6.45) is 12.3. The average Bonchev–Trinajstić information content (AvgIpc) is 2.99. The van der Waals surface area contributed by atoms with Gasteiger partial charge in [-0.3, -0.25) is 9.59 Å². The molecule has 0 saturated heterocycles. The molecular formula is C25H29NO5. The Morgan fingerprint density at radius 1 is 1.29 bits per heavy atom. The van der Waals surface area contributed by atoms with E-state index in [1.165, 1.54) is 19.9 Å². The second kappa shape index (κ2) is 8.63. The number of fused-ring (bicyclic) bond motifs is 3. The normalized spacial score (nSPS) is 24.5. The number of hydrogen-bond donors (Lipinski definition) is 1. The maximum absolute atomic E-state index is 12.9. The Morgan fingerprint density at radius 3 is 2.61 bits per heavy atom. The smallest absolute Gasteiger partial charge is 0.343 e. The Balaban J connectivity index is 2.09. The summed E-state index contributed by atoms with van der Waals surface area (Å²) in [6, 6.07) is 0. The summed E-state index contributed by atoms with van der Waals surface area (Å²) in [5.41, 5.74) is 1.84. The third kappa shape index (κ3) is 4.12. The highest BCUT2D eigenvalue weighted by Crippen LogP contribution is 2.46. The average molecular weight is 424 g/mol. The lowest BCUT2D eigenvalue weighted by Gasteiger charge is -2.35. The van der Waals surface area contributed by atoms with E-state index in [2.05, 4.69) is 19.9 Å². The lowest BCUT2D eigenvalue weighted by Crippen LogP contribution is -2.41. The number of esters is 1. The van der Waals surface area contributed by atoms with Crippen molar-refractivity contribution in [2.24, 2.45) is 5.92 Å². The summed E-state index contributed by atoms with van der Waals surface area (Å²) in [6.45, 7) is 9.38. The molecule has 0 radical (unpaired) electrons. The predicted octanol–water partition coefficient (Wildman–Crippen LogP) is 3.32. The number of nitrogens with zero attached hydrogens (tertiary/aromatic N) is 1. The maximum Gasteiger partial charge on any atom is 0.343 e. The van der Waals surface area contributed by atoms with Crippen LogP contribution in [0.2, 0.25) is 0 Å². The molecule has 2 aliphatic heterocycles. The highest BCUT2D eigenvalue weighted by atomic mass is 16.6. The molecule has 31 heavy (non-hydrogen) atoms. The van der Waals surface area contributed by atoms with Crippen molar-refractivity contribution < 1.29 is 24.2 Å². The molecule has 0 fully saturated rings. The molecule has 2 heterocycles. The van der Waals surface area contributed by atoms with Gasteiger partial charge in [0.15, 0.2) is 11.4 Å². The van der Waals surface area contributed by atoms with Gasteiger partial charge < -0.3 is 14.7 Å². The third-order valence-corrected chi connectivity index (χ3v) is 5.89. The zero-order valence-electron chi connectivity index (χ0n) is 18.7. The van der Waals surface area contributed by atoms with Crippen LogP contribution in [-0.4, -0.2) is 46.3 Å². The summed E-state index contributed by atoms with van der Waals surface area (Å²) < 4.78 is 5.36. The zero-order valence-corrected chi connectivity index (χ0v) is 18.7. The van der Waals surface area contributed by atoms with Crippen molar-refractivity contribution in [1.29, 1.82) is 0 Å². The van der Waals surface area contributed by atoms with Crippen molar-refractivity contribution in [3.63, 3.8) is 0 Å². The molecule has 6 nitrogen and oxygen atoms in total. The topological polar surface area (TPSA) is 83.9 Å². The van der Waals surface area contributed by atoms with Crippen molar-refractivity contribution in [2.45, 2.75) is 46.6 Å². The van der Waals surface area contributed by atoms with Crippen LogP contribution in [0.1, 0.15) is 41.0 Å². The number of β-amino-alcohol motifs (C(OH)–C–C–N with tert-alkyl or cyclic N) is 1. The van der Waals surface area contributed by atoms with Crippen LogP contribution in [0.25, 0.3) is 0 Å². The second-order valence-corrected chi connectivity index (χ2v) is 8.35. The lowest BCUT2D eigenvalue weighted by molar-refractivity contribution is -0.152. The number of rotatable bonds is 7. The number of aliphatic hydroxyl groups excluding tert-OH is 1. The van der Waals surface area contributed by atoms with Crippen LogP contribution in [0.4, 0.5) is 0 Å². The Labute approximate surface area is 182 Å². The van der Waals surface area contributed by atoms with Crippen molar-refractivity contribution in [1.82, 2.24) is 4.90 Å². The van der Waals surface area contributed by atoms with E-state index in [-0.39, 0.29) is 18.0 Å². The number of allylic oxidation sites excluding steroid dienone is 6. The summed E-state index contributed by atoms with van der Waals surface area (Å²) in [7, 11) is 0. The molecule has 1 N–H and O–H groups in total. The van der Waals surface area contributed by atoms with Gasteiger partial charge in [-0.2, -0.15) is 0 Å². The molecule has 2 atom stereocenters. The summed E-state index contributed by atoms with van der Waals surface area (Å²) in [5.74, 6) is -1.11. The minimum absolute atomic E-state index is 0.0834. The van der Waals surface area contributed by atoms with E-state index in [1.807, 2.05) is 30.1 Å². The number of ether oxygens (including phenoxy) is 1. The molecule has 3 aliphatic rings. The van der Waals surface area contributed by atoms with E-state index in [0.717, 1.165) is 17.7 Å². The van der Waals surface area contributed by atoms with Gasteiger partial charge in [0.05, 0.1) is 6.61 Å². The molecule has 0 spiro atoms. The van der Waals surface area contributed by atoms with Gasteiger partial charge in [-0.05, 0) is 50.5 Å². The van der Waals surface area contributed by atoms with Crippen LogP contribution >= 0.6 is 0 Å². The number of hydrogen-bond acceptors (Lipinski definition) is 6. The summed E-state index contributed by atoms with van der Waals surface area (Å²) in [5, 5.41) is 9.58. The minimum Gasteiger partial charge on any atom is -0.442 e. The highest BCUT2D eigenvalue weighted by Gasteiger charge is 2.54. The molecule has 0 aromatic carbocycles. The standard InChI is InChI=1S/C25H29NO5/c1-6-15(2)11-16(3)7-8-19-12-18-13-21(29)25(5)23(20(18)14-26(19)9-10-27)22(17(4)28)24(30)31-25/h7-8,11-15,27H,6,9-10H2,1-5H3. The van der Waals surface area contributed by atoms with Crippen molar-refractivity contribution in [3.05, 3.63) is 70.1 Å². The van der Waals surface area contributed by atoms with Crippen molar-refractivity contribution in [2.75, 3.05) is 13.2 Å². The lowest BCUT2D eigenvalue weighted by atomic mass is 9.75. The van der Waals surface area contributed by atoms with Gasteiger partial charge in [0.1, 0.15) is 5.57 Å². The van der Waals surface area contributed by atoms with Gasteiger partial charge in [-0.25, -0.2) is 4.79 Å². The quantitative estimate of drug-likeness (QED) is 0.384. The molecule has 0 saturated carbocycles. The molecule has 1 aliphatic carbocycles. The molecule has 0 aromatic rings. The first-order valence-corrected chi connectivity index (χ1v) is 10.6. The Kier molecular flexibility index (Phi) is 6.32. The second-order valence-electron chi connectivity index (χ2n) is 8.35. The van der Waals surface area contributed by atoms with E-state index in [0.29, 0.717) is 29.2 Å². The number of carbonyl (C=O) groups is 3. The summed E-state index contributed by atoms with van der Waals surface area (Å²) in [4.78, 5) is 39.3. The van der Waals surface area contributed by atoms with Gasteiger partial charge in [-0.1, -0.05) is 38.0 Å². The Morgan fingerprint density at radius 2 is 2.00 bits per heavy atom. The fourth-order valence-corrected chi connectivity index (χ4v) is 4.03. The SMILES string of the molecule is CCC(C)C=C(C)C=CC1=CC2=CC(=O)C3(C)OC(=O)C(C(C)=O)=C3C2=CN1CCO. The highest BCUT2D eigenvalue weighted by molar-refractivity contribution is 6.23. The first-order valence-electron chi connectivity index (χ1n) is 10.6. The van der Waals surface area contributed by atoms with Crippen LogP contribution in [0.3, 0.4) is 0 Å². The number of Topliss-reactive ketones (excluding diaryl/α,β-unsaturated/α-hetero) is 1. The van der Waals surface area contributed by atoms with Gasteiger partial charge in [0.25, 0.3) is 0 Å². The van der Waals surface area contributed by atoms with Crippen LogP contribution in [0.5, 0.6) is 0 Å². The first kappa shape index (κ1) is 22.7. The van der Waals surface area contributed by atoms with E-state index in [9.17, 15) is 19.5 Å². The van der Waals surface area contributed by atoms with Gasteiger partial charge in [0.2, 0.25) is 5.78 Å². The van der Waals surface area contributed by atoms with Crippen molar-refractivity contribution in [3.8, 4) is 0 Å². The molecule has 6 heteroatoms. The zero-order chi connectivity index (χ0) is 22.9. The molecule has 0 amide bonds. The van der Waals surface area contributed by atoms with E-state index < -0.39 is 17.4 Å². The Hall–Kier alpha value is -2.99. The number of carbonyl (C=O) groups excluding carboxylic acids is 3. The molecule has 164 valence electrons. The first-order chi connectivity index (χ1) is 14.6. The van der Waals surface area contributed by atoms with E-state index in [4.69, 9.17) is 4.74 Å². The van der Waals surface area contributed by atoms with Crippen LogP contribution in [-0.2, 0) is 19.1 Å². The number of aliphatic hydroxyl groups is 1. The minimum atomic E-state index is -1.50. The Bertz CT molecular complexity index is 1020. The van der Waals surface area contributed by atoms with Crippen LogP contribution in [0, 0.1) is 5.92 Å². The molecule has 0 aromatic heterocycles. The van der Waals surface area contributed by atoms with Gasteiger partial charge >= 0.3 is 5.97 Å². The van der Waals surface area contributed by atoms with E-state index >= 15 is 0 Å². The number of ketones is 2. The maximum atomic E-state index is 12.9. The monoisotopic (exact) mass is 423 g/mol. The molecular weight excluding hydrogens is 394 g/mol. The van der Waals surface area contributed by atoms with E-state index in [1.54, 1.807) is 6.20 Å². The fraction of sp³-hybridized carbons (Fsp3) is 0.400. The molecule has 2 unspecified atom stereocenters. The van der Waals surface area contributed by atoms with Gasteiger partial charge in [0, 0.05) is 29.6 Å². The molecule has 3 rings (SSSR count). The van der Waals surface area contributed by atoms with Gasteiger partial charge in [-0.15, -0.1) is 0 Å².